The Morgan fingerprint density at radius 2 is 1.81 bits per heavy atom. The third kappa shape index (κ3) is 4.52. The Balaban J connectivity index is 1.86. The SMILES string of the molecule is COc1ccc(NS(=O)(=O)c2cc(C(=O)N3CCOCC3)ccc2Cl)cc1. The maximum atomic E-state index is 12.8. The van der Waals surface area contributed by atoms with Crippen LogP contribution in [-0.2, 0) is 14.8 Å². The van der Waals surface area contributed by atoms with Crippen LogP contribution >= 0.6 is 11.6 Å². The fourth-order valence-corrected chi connectivity index (χ4v) is 4.25. The molecule has 1 fully saturated rings. The summed E-state index contributed by atoms with van der Waals surface area (Å²) in [4.78, 5) is 14.1. The van der Waals surface area contributed by atoms with Crippen LogP contribution < -0.4 is 9.46 Å². The average Bonchev–Trinajstić information content (AvgIpc) is 2.68. The summed E-state index contributed by atoms with van der Waals surface area (Å²) >= 11 is 6.10. The summed E-state index contributed by atoms with van der Waals surface area (Å²) < 4.78 is 38.3. The second kappa shape index (κ2) is 8.16. The molecule has 2 aromatic rings. The van der Waals surface area contributed by atoms with E-state index in [0.29, 0.717) is 37.7 Å². The van der Waals surface area contributed by atoms with E-state index in [0.717, 1.165) is 0 Å². The fourth-order valence-electron chi connectivity index (χ4n) is 2.66. The molecule has 2 aromatic carbocycles. The number of amides is 1. The molecule has 1 saturated heterocycles. The van der Waals surface area contributed by atoms with Crippen LogP contribution in [0.15, 0.2) is 47.4 Å². The first-order valence-electron chi connectivity index (χ1n) is 8.24. The first-order valence-corrected chi connectivity index (χ1v) is 10.1. The number of ether oxygens (including phenoxy) is 2. The molecule has 27 heavy (non-hydrogen) atoms. The van der Waals surface area contributed by atoms with Gasteiger partial charge in [-0.2, -0.15) is 0 Å². The number of morpholine rings is 1. The van der Waals surface area contributed by atoms with E-state index in [4.69, 9.17) is 21.1 Å². The van der Waals surface area contributed by atoms with Crippen molar-refractivity contribution in [2.45, 2.75) is 4.90 Å². The molecule has 1 amide bonds. The van der Waals surface area contributed by atoms with Crippen molar-refractivity contribution >= 4 is 33.2 Å². The van der Waals surface area contributed by atoms with E-state index in [9.17, 15) is 13.2 Å². The Bertz CT molecular complexity index is 925. The quantitative estimate of drug-likeness (QED) is 0.819. The van der Waals surface area contributed by atoms with Crippen molar-refractivity contribution in [3.63, 3.8) is 0 Å². The van der Waals surface area contributed by atoms with Gasteiger partial charge in [0.1, 0.15) is 10.6 Å². The monoisotopic (exact) mass is 410 g/mol. The molecular weight excluding hydrogens is 392 g/mol. The van der Waals surface area contributed by atoms with E-state index in [2.05, 4.69) is 4.72 Å². The molecule has 144 valence electrons. The molecule has 3 rings (SSSR count). The molecule has 1 heterocycles. The Hall–Kier alpha value is -2.29. The summed E-state index contributed by atoms with van der Waals surface area (Å²) in [7, 11) is -2.44. The van der Waals surface area contributed by atoms with Crippen molar-refractivity contribution in [3.05, 3.63) is 53.1 Å². The Labute approximate surface area is 162 Å². The lowest BCUT2D eigenvalue weighted by atomic mass is 10.2. The Morgan fingerprint density at radius 1 is 1.15 bits per heavy atom. The van der Waals surface area contributed by atoms with E-state index >= 15 is 0 Å². The van der Waals surface area contributed by atoms with E-state index in [1.165, 1.54) is 25.3 Å². The summed E-state index contributed by atoms with van der Waals surface area (Å²) in [6, 6.07) is 10.7. The Morgan fingerprint density at radius 3 is 2.44 bits per heavy atom. The van der Waals surface area contributed by atoms with Crippen LogP contribution in [0.1, 0.15) is 10.4 Å². The highest BCUT2D eigenvalue weighted by Gasteiger charge is 2.23. The Kier molecular flexibility index (Phi) is 5.88. The minimum atomic E-state index is -3.97. The molecule has 1 aliphatic rings. The van der Waals surface area contributed by atoms with Gasteiger partial charge in [-0.25, -0.2) is 8.42 Å². The van der Waals surface area contributed by atoms with E-state index in [-0.39, 0.29) is 21.4 Å². The molecule has 9 heteroatoms. The van der Waals surface area contributed by atoms with Crippen molar-refractivity contribution < 1.29 is 22.7 Å². The number of hydrogen-bond acceptors (Lipinski definition) is 5. The molecule has 7 nitrogen and oxygen atoms in total. The number of nitrogens with one attached hydrogen (secondary N) is 1. The summed E-state index contributed by atoms with van der Waals surface area (Å²) in [5.74, 6) is 0.352. The zero-order valence-corrected chi connectivity index (χ0v) is 16.2. The highest BCUT2D eigenvalue weighted by atomic mass is 35.5. The van der Waals surface area contributed by atoms with Gasteiger partial charge in [-0.05, 0) is 42.5 Å². The van der Waals surface area contributed by atoms with Crippen LogP contribution in [0.5, 0.6) is 5.75 Å². The lowest BCUT2D eigenvalue weighted by Crippen LogP contribution is -2.40. The molecular formula is C18H19ClN2O5S. The summed E-state index contributed by atoms with van der Waals surface area (Å²) in [5, 5.41) is 0.0366. The topological polar surface area (TPSA) is 84.9 Å². The van der Waals surface area contributed by atoms with Gasteiger partial charge in [0, 0.05) is 24.3 Å². The van der Waals surface area contributed by atoms with Crippen LogP contribution in [0.2, 0.25) is 5.02 Å². The maximum Gasteiger partial charge on any atom is 0.263 e. The molecule has 0 aliphatic carbocycles. The molecule has 0 aromatic heterocycles. The van der Waals surface area contributed by atoms with E-state index in [1.807, 2.05) is 0 Å². The summed E-state index contributed by atoms with van der Waals surface area (Å²) in [6.07, 6.45) is 0. The third-order valence-corrected chi connectivity index (χ3v) is 5.97. The van der Waals surface area contributed by atoms with Crippen molar-refractivity contribution in [1.82, 2.24) is 4.90 Å². The number of anilines is 1. The smallest absolute Gasteiger partial charge is 0.263 e. The lowest BCUT2D eigenvalue weighted by molar-refractivity contribution is 0.0302. The predicted octanol–water partition coefficient (Wildman–Crippen LogP) is 2.62. The zero-order valence-electron chi connectivity index (χ0n) is 14.6. The maximum absolute atomic E-state index is 12.8. The highest BCUT2D eigenvalue weighted by Crippen LogP contribution is 2.26. The molecule has 1 aliphatic heterocycles. The zero-order chi connectivity index (χ0) is 19.4. The van der Waals surface area contributed by atoms with E-state index < -0.39 is 10.0 Å². The number of halogens is 1. The van der Waals surface area contributed by atoms with Crippen LogP contribution in [0.25, 0.3) is 0 Å². The van der Waals surface area contributed by atoms with E-state index in [1.54, 1.807) is 29.2 Å². The third-order valence-electron chi connectivity index (χ3n) is 4.11. The standard InChI is InChI=1S/C18H19ClN2O5S/c1-25-15-5-3-14(4-6-15)20-27(23,24)17-12-13(2-7-16(17)19)18(22)21-8-10-26-11-9-21/h2-7,12,20H,8-11H2,1H3. The van der Waals surface area contributed by atoms with Crippen LogP contribution in [-0.4, -0.2) is 52.6 Å². The number of methoxy groups -OCH3 is 1. The average molecular weight is 411 g/mol. The fraction of sp³-hybridized carbons (Fsp3) is 0.278. The van der Waals surface area contributed by atoms with Gasteiger partial charge in [-0.1, -0.05) is 11.6 Å². The van der Waals surface area contributed by atoms with Crippen molar-refractivity contribution in [2.24, 2.45) is 0 Å². The number of carbonyl (C=O) groups is 1. The summed E-state index contributed by atoms with van der Waals surface area (Å²) in [5.41, 5.74) is 0.619. The first-order chi connectivity index (χ1) is 12.9. The van der Waals surface area contributed by atoms with Crippen LogP contribution in [0, 0.1) is 0 Å². The van der Waals surface area contributed by atoms with Gasteiger partial charge >= 0.3 is 0 Å². The number of rotatable bonds is 5. The molecule has 0 radical (unpaired) electrons. The predicted molar refractivity (Wildman–Crippen MR) is 102 cm³/mol. The van der Waals surface area contributed by atoms with Gasteiger partial charge in [0.2, 0.25) is 0 Å². The summed E-state index contributed by atoms with van der Waals surface area (Å²) in [6.45, 7) is 1.86. The van der Waals surface area contributed by atoms with Gasteiger partial charge in [0.15, 0.2) is 0 Å². The van der Waals surface area contributed by atoms with Gasteiger partial charge in [0.25, 0.3) is 15.9 Å². The number of benzene rings is 2. The largest absolute Gasteiger partial charge is 0.497 e. The van der Waals surface area contributed by atoms with Crippen molar-refractivity contribution in [3.8, 4) is 5.75 Å². The van der Waals surface area contributed by atoms with Gasteiger partial charge in [0.05, 0.1) is 25.3 Å². The second-order valence-electron chi connectivity index (χ2n) is 5.88. The first kappa shape index (κ1) is 19.5. The molecule has 0 saturated carbocycles. The minimum Gasteiger partial charge on any atom is -0.497 e. The second-order valence-corrected chi connectivity index (χ2v) is 7.94. The van der Waals surface area contributed by atoms with Gasteiger partial charge in [-0.15, -0.1) is 0 Å². The highest BCUT2D eigenvalue weighted by molar-refractivity contribution is 7.92. The van der Waals surface area contributed by atoms with Crippen LogP contribution in [0.4, 0.5) is 5.69 Å². The number of hydrogen-bond donors (Lipinski definition) is 1. The molecule has 1 N–H and O–H groups in total. The molecule has 0 atom stereocenters. The lowest BCUT2D eigenvalue weighted by Gasteiger charge is -2.27. The van der Waals surface area contributed by atoms with Crippen LogP contribution in [0.3, 0.4) is 0 Å². The number of sulfonamides is 1. The number of nitrogens with zero attached hydrogens (tertiary/aromatic N) is 1. The van der Waals surface area contributed by atoms with Gasteiger partial charge in [-0.3, -0.25) is 9.52 Å². The molecule has 0 bridgehead atoms. The normalized spacial score (nSPS) is 14.7. The van der Waals surface area contributed by atoms with Crippen molar-refractivity contribution in [2.75, 3.05) is 38.1 Å². The minimum absolute atomic E-state index is 0.0366. The van der Waals surface area contributed by atoms with Crippen molar-refractivity contribution in [1.29, 1.82) is 0 Å². The van der Waals surface area contributed by atoms with Gasteiger partial charge < -0.3 is 14.4 Å². The number of carbonyl (C=O) groups excluding carboxylic acids is 1. The molecule has 0 unspecified atom stereocenters. The molecule has 0 spiro atoms.